The van der Waals surface area contributed by atoms with Crippen LogP contribution in [0.25, 0.3) is 10.6 Å². The summed E-state index contributed by atoms with van der Waals surface area (Å²) in [4.78, 5) is 17.0. The molecule has 29 heavy (non-hydrogen) atoms. The van der Waals surface area contributed by atoms with Gasteiger partial charge in [0.05, 0.1) is 19.4 Å². The minimum Gasteiger partial charge on any atom is -0.497 e. The Kier molecular flexibility index (Phi) is 7.25. The van der Waals surface area contributed by atoms with E-state index in [1.165, 1.54) is 0 Å². The lowest BCUT2D eigenvalue weighted by Crippen LogP contribution is -2.25. The van der Waals surface area contributed by atoms with Gasteiger partial charge in [0.25, 0.3) is 5.91 Å². The van der Waals surface area contributed by atoms with Crippen molar-refractivity contribution in [1.29, 1.82) is 0 Å². The molecule has 152 valence electrons. The van der Waals surface area contributed by atoms with Gasteiger partial charge in [-0.1, -0.05) is 13.8 Å². The van der Waals surface area contributed by atoms with Crippen LogP contribution in [-0.2, 0) is 6.42 Å². The summed E-state index contributed by atoms with van der Waals surface area (Å²) in [5, 5.41) is 5.95. The van der Waals surface area contributed by atoms with E-state index in [-0.39, 0.29) is 5.91 Å². The van der Waals surface area contributed by atoms with Crippen LogP contribution in [0.1, 0.15) is 29.9 Å². The van der Waals surface area contributed by atoms with Crippen LogP contribution >= 0.6 is 11.3 Å². The predicted octanol–water partition coefficient (Wildman–Crippen LogP) is 4.83. The molecule has 0 spiro atoms. The molecule has 0 radical (unpaired) electrons. The van der Waals surface area contributed by atoms with Crippen LogP contribution in [0.3, 0.4) is 0 Å². The first-order chi connectivity index (χ1) is 14.0. The molecule has 3 aromatic rings. The largest absolute Gasteiger partial charge is 0.497 e. The Balaban J connectivity index is 1.48. The van der Waals surface area contributed by atoms with E-state index in [0.29, 0.717) is 31.1 Å². The summed E-state index contributed by atoms with van der Waals surface area (Å²) < 4.78 is 10.8. The number of hydrogen-bond acceptors (Lipinski definition) is 5. The predicted molar refractivity (Wildman–Crippen MR) is 117 cm³/mol. The average Bonchev–Trinajstić information content (AvgIpc) is 3.21. The van der Waals surface area contributed by atoms with E-state index in [4.69, 9.17) is 9.47 Å². The summed E-state index contributed by atoms with van der Waals surface area (Å²) in [5.41, 5.74) is 2.66. The summed E-state index contributed by atoms with van der Waals surface area (Å²) in [6.07, 6.45) is 0.688. The fourth-order valence-corrected chi connectivity index (χ4v) is 3.52. The van der Waals surface area contributed by atoms with E-state index in [9.17, 15) is 4.79 Å². The quantitative estimate of drug-likeness (QED) is 0.549. The average molecular weight is 411 g/mol. The first-order valence-corrected chi connectivity index (χ1v) is 10.5. The van der Waals surface area contributed by atoms with Crippen LogP contribution in [0.5, 0.6) is 11.5 Å². The first-order valence-electron chi connectivity index (χ1n) is 9.65. The highest BCUT2D eigenvalue weighted by Crippen LogP contribution is 2.25. The highest BCUT2D eigenvalue weighted by molar-refractivity contribution is 7.13. The van der Waals surface area contributed by atoms with Crippen molar-refractivity contribution in [2.24, 2.45) is 5.92 Å². The zero-order chi connectivity index (χ0) is 20.6. The van der Waals surface area contributed by atoms with Gasteiger partial charge in [0.15, 0.2) is 0 Å². The van der Waals surface area contributed by atoms with Crippen molar-refractivity contribution < 1.29 is 14.3 Å². The van der Waals surface area contributed by atoms with E-state index in [1.54, 1.807) is 30.6 Å². The highest BCUT2D eigenvalue weighted by atomic mass is 32.1. The Labute approximate surface area is 175 Å². The van der Waals surface area contributed by atoms with Crippen molar-refractivity contribution in [3.8, 4) is 22.1 Å². The summed E-state index contributed by atoms with van der Waals surface area (Å²) in [7, 11) is 1.65. The van der Waals surface area contributed by atoms with Crippen LogP contribution in [0.2, 0.25) is 0 Å². The van der Waals surface area contributed by atoms with Crippen LogP contribution in [-0.4, -0.2) is 31.2 Å². The van der Waals surface area contributed by atoms with Gasteiger partial charge in [-0.15, -0.1) is 11.3 Å². The Morgan fingerprint density at radius 3 is 2.41 bits per heavy atom. The number of benzene rings is 2. The molecule has 0 fully saturated rings. The van der Waals surface area contributed by atoms with Gasteiger partial charge in [-0.3, -0.25) is 4.79 Å². The summed E-state index contributed by atoms with van der Waals surface area (Å²) in [6.45, 7) is 5.40. The van der Waals surface area contributed by atoms with Gasteiger partial charge < -0.3 is 14.8 Å². The number of carbonyl (C=O) groups is 1. The molecular weight excluding hydrogens is 384 g/mol. The number of thiazole rings is 1. The van der Waals surface area contributed by atoms with Gasteiger partial charge >= 0.3 is 0 Å². The molecule has 0 saturated carbocycles. The molecule has 1 amide bonds. The van der Waals surface area contributed by atoms with Gasteiger partial charge in [-0.25, -0.2) is 4.98 Å². The second-order valence-electron chi connectivity index (χ2n) is 7.11. The third-order valence-electron chi connectivity index (χ3n) is 4.26. The van der Waals surface area contributed by atoms with E-state index < -0.39 is 0 Å². The van der Waals surface area contributed by atoms with E-state index >= 15 is 0 Å². The number of carbonyl (C=O) groups excluding carboxylic acids is 1. The Morgan fingerprint density at radius 1 is 1.07 bits per heavy atom. The van der Waals surface area contributed by atoms with E-state index in [0.717, 1.165) is 27.8 Å². The number of nitrogens with zero attached hydrogens (tertiary/aromatic N) is 1. The number of rotatable bonds is 9. The van der Waals surface area contributed by atoms with Crippen molar-refractivity contribution in [2.45, 2.75) is 20.3 Å². The minimum atomic E-state index is -0.0917. The zero-order valence-corrected chi connectivity index (χ0v) is 17.8. The smallest absolute Gasteiger partial charge is 0.251 e. The fourth-order valence-electron chi connectivity index (χ4n) is 2.66. The number of hydrogen-bond donors (Lipinski definition) is 1. The molecule has 0 unspecified atom stereocenters. The standard InChI is InChI=1S/C23H26N2O3S/c1-16(2)14-28-21-10-4-17(5-11-21)22(26)24-13-12-19-15-29-23(25-19)18-6-8-20(27-3)9-7-18/h4-11,15-16H,12-14H2,1-3H3,(H,24,26). The molecule has 0 aliphatic rings. The first kappa shape index (κ1) is 20.9. The molecule has 6 heteroatoms. The third-order valence-corrected chi connectivity index (χ3v) is 5.20. The van der Waals surface area contributed by atoms with Gasteiger partial charge in [0.1, 0.15) is 16.5 Å². The van der Waals surface area contributed by atoms with Crippen LogP contribution in [0.15, 0.2) is 53.9 Å². The monoisotopic (exact) mass is 410 g/mol. The van der Waals surface area contributed by atoms with E-state index in [1.807, 2.05) is 41.8 Å². The van der Waals surface area contributed by atoms with Crippen molar-refractivity contribution in [2.75, 3.05) is 20.3 Å². The number of methoxy groups -OCH3 is 1. The molecule has 1 heterocycles. The van der Waals surface area contributed by atoms with Gasteiger partial charge in [-0.05, 0) is 54.4 Å². The lowest BCUT2D eigenvalue weighted by molar-refractivity contribution is 0.0954. The molecule has 0 aliphatic heterocycles. The molecule has 1 N–H and O–H groups in total. The van der Waals surface area contributed by atoms with Crippen molar-refractivity contribution in [1.82, 2.24) is 10.3 Å². The molecule has 0 atom stereocenters. The van der Waals surface area contributed by atoms with Crippen LogP contribution < -0.4 is 14.8 Å². The van der Waals surface area contributed by atoms with Gasteiger partial charge in [0, 0.05) is 29.5 Å². The third kappa shape index (κ3) is 6.06. The Bertz CT molecular complexity index is 918. The fraction of sp³-hybridized carbons (Fsp3) is 0.304. The number of ether oxygens (including phenoxy) is 2. The highest BCUT2D eigenvalue weighted by Gasteiger charge is 2.08. The van der Waals surface area contributed by atoms with Crippen LogP contribution in [0, 0.1) is 5.92 Å². The number of nitrogens with one attached hydrogen (secondary N) is 1. The summed E-state index contributed by atoms with van der Waals surface area (Å²) in [5.74, 6) is 1.98. The van der Waals surface area contributed by atoms with Gasteiger partial charge in [-0.2, -0.15) is 0 Å². The topological polar surface area (TPSA) is 60.5 Å². The Morgan fingerprint density at radius 2 is 1.76 bits per heavy atom. The van der Waals surface area contributed by atoms with Crippen molar-refractivity contribution >= 4 is 17.2 Å². The molecular formula is C23H26N2O3S. The minimum absolute atomic E-state index is 0.0917. The van der Waals surface area contributed by atoms with Crippen molar-refractivity contribution in [3.63, 3.8) is 0 Å². The molecule has 2 aromatic carbocycles. The lowest BCUT2D eigenvalue weighted by Gasteiger charge is -2.09. The maximum absolute atomic E-state index is 12.3. The zero-order valence-electron chi connectivity index (χ0n) is 17.0. The lowest BCUT2D eigenvalue weighted by atomic mass is 10.2. The summed E-state index contributed by atoms with van der Waals surface area (Å²) >= 11 is 1.60. The van der Waals surface area contributed by atoms with Crippen molar-refractivity contribution in [3.05, 3.63) is 65.2 Å². The number of aromatic nitrogens is 1. The molecule has 0 aliphatic carbocycles. The number of amides is 1. The maximum Gasteiger partial charge on any atom is 0.251 e. The maximum atomic E-state index is 12.3. The molecule has 3 rings (SSSR count). The van der Waals surface area contributed by atoms with Gasteiger partial charge in [0.2, 0.25) is 0 Å². The Hall–Kier alpha value is -2.86. The second-order valence-corrected chi connectivity index (χ2v) is 7.97. The normalized spacial score (nSPS) is 10.8. The summed E-state index contributed by atoms with van der Waals surface area (Å²) in [6, 6.07) is 15.1. The van der Waals surface area contributed by atoms with Crippen LogP contribution in [0.4, 0.5) is 0 Å². The molecule has 1 aromatic heterocycles. The molecule has 0 saturated heterocycles. The molecule has 0 bridgehead atoms. The SMILES string of the molecule is COc1ccc(-c2nc(CCNC(=O)c3ccc(OCC(C)C)cc3)cs2)cc1. The molecule has 5 nitrogen and oxygen atoms in total. The second kappa shape index (κ2) is 10.1. The van der Waals surface area contributed by atoms with E-state index in [2.05, 4.69) is 24.1 Å².